The van der Waals surface area contributed by atoms with Crippen LogP contribution in [-0.4, -0.2) is 32.2 Å². The molecule has 0 fully saturated rings. The van der Waals surface area contributed by atoms with Crippen molar-refractivity contribution in [3.63, 3.8) is 0 Å². The van der Waals surface area contributed by atoms with Crippen LogP contribution in [0.2, 0.25) is 0 Å². The van der Waals surface area contributed by atoms with Gasteiger partial charge >= 0.3 is 0 Å². The Morgan fingerprint density at radius 3 is 2.75 bits per heavy atom. The topological polar surface area (TPSA) is 50.4 Å². The second-order valence-corrected chi connectivity index (χ2v) is 4.62. The molecule has 1 atom stereocenters. The summed E-state index contributed by atoms with van der Waals surface area (Å²) in [4.78, 5) is 12.3. The third-order valence-electron chi connectivity index (χ3n) is 3.01. The van der Waals surface area contributed by atoms with Gasteiger partial charge in [-0.1, -0.05) is 19.9 Å². The average Bonchev–Trinajstić information content (AvgIpc) is 2.45. The van der Waals surface area contributed by atoms with Crippen LogP contribution in [0, 0.1) is 5.82 Å². The van der Waals surface area contributed by atoms with Gasteiger partial charge in [0.25, 0.3) is 5.91 Å². The Hall–Kier alpha value is -1.62. The lowest BCUT2D eigenvalue weighted by atomic mass is 10.1. The fourth-order valence-corrected chi connectivity index (χ4v) is 1.87. The van der Waals surface area contributed by atoms with E-state index in [4.69, 9.17) is 4.74 Å². The van der Waals surface area contributed by atoms with Crippen molar-refractivity contribution in [3.8, 4) is 0 Å². The maximum Gasteiger partial charge on any atom is 0.253 e. The summed E-state index contributed by atoms with van der Waals surface area (Å²) in [7, 11) is 1.59. The molecule has 0 bridgehead atoms. The minimum Gasteiger partial charge on any atom is -0.383 e. The Bertz CT molecular complexity index is 438. The molecule has 1 aromatic rings. The molecule has 1 aromatic carbocycles. The fraction of sp³-hybridized carbons (Fsp3) is 0.533. The molecule has 4 nitrogen and oxygen atoms in total. The monoisotopic (exact) mass is 282 g/mol. The molecule has 2 N–H and O–H groups in total. The van der Waals surface area contributed by atoms with Crippen molar-refractivity contribution in [1.29, 1.82) is 0 Å². The lowest BCUT2D eigenvalue weighted by Crippen LogP contribution is -2.37. The smallest absolute Gasteiger partial charge is 0.253 e. The predicted octanol–water partition coefficient (Wildman–Crippen LogP) is 2.80. The molecule has 5 heteroatoms. The van der Waals surface area contributed by atoms with Crippen molar-refractivity contribution < 1.29 is 13.9 Å². The summed E-state index contributed by atoms with van der Waals surface area (Å²) in [5, 5.41) is 5.83. The Labute approximate surface area is 119 Å². The number of halogens is 1. The van der Waals surface area contributed by atoms with Crippen LogP contribution in [0.1, 0.15) is 37.0 Å². The molecule has 0 aliphatic rings. The van der Waals surface area contributed by atoms with E-state index in [1.54, 1.807) is 19.2 Å². The minimum absolute atomic E-state index is 0.0743. The number of nitrogens with one attached hydrogen (secondary N) is 2. The highest BCUT2D eigenvalue weighted by Crippen LogP contribution is 2.20. The van der Waals surface area contributed by atoms with E-state index in [9.17, 15) is 9.18 Å². The zero-order valence-electron chi connectivity index (χ0n) is 12.3. The van der Waals surface area contributed by atoms with Crippen LogP contribution in [0.25, 0.3) is 0 Å². The molecule has 1 unspecified atom stereocenters. The maximum atomic E-state index is 13.8. The van der Waals surface area contributed by atoms with Crippen LogP contribution in [0.3, 0.4) is 0 Å². The Kier molecular flexibility index (Phi) is 7.01. The molecule has 0 radical (unpaired) electrons. The summed E-state index contributed by atoms with van der Waals surface area (Å²) in [5.74, 6) is -0.696. The summed E-state index contributed by atoms with van der Waals surface area (Å²) in [6, 6.07) is 4.44. The molecule has 0 saturated carbocycles. The summed E-state index contributed by atoms with van der Waals surface area (Å²) >= 11 is 0. The molecule has 0 aliphatic heterocycles. The summed E-state index contributed by atoms with van der Waals surface area (Å²) in [6.07, 6.45) is 1.61. The molecule has 112 valence electrons. The van der Waals surface area contributed by atoms with E-state index in [0.29, 0.717) is 18.7 Å². The van der Waals surface area contributed by atoms with Gasteiger partial charge in [0.2, 0.25) is 0 Å². The van der Waals surface area contributed by atoms with Gasteiger partial charge < -0.3 is 15.4 Å². The highest BCUT2D eigenvalue weighted by molar-refractivity contribution is 5.99. The van der Waals surface area contributed by atoms with E-state index < -0.39 is 5.82 Å². The van der Waals surface area contributed by atoms with Crippen LogP contribution in [-0.2, 0) is 4.74 Å². The number of methoxy groups -OCH3 is 1. The molecule has 1 amide bonds. The van der Waals surface area contributed by atoms with Crippen molar-refractivity contribution in [1.82, 2.24) is 5.32 Å². The molecule has 0 saturated heterocycles. The largest absolute Gasteiger partial charge is 0.383 e. The van der Waals surface area contributed by atoms with Gasteiger partial charge in [0, 0.05) is 13.7 Å². The van der Waals surface area contributed by atoms with Gasteiger partial charge in [-0.25, -0.2) is 4.39 Å². The van der Waals surface area contributed by atoms with E-state index in [2.05, 4.69) is 10.6 Å². The van der Waals surface area contributed by atoms with Gasteiger partial charge in [-0.2, -0.15) is 0 Å². The molecular weight excluding hydrogens is 259 g/mol. The summed E-state index contributed by atoms with van der Waals surface area (Å²) < 4.78 is 18.9. The Balaban J connectivity index is 2.88. The number of rotatable bonds is 8. The van der Waals surface area contributed by atoms with Crippen LogP contribution in [0.4, 0.5) is 10.1 Å². The lowest BCUT2D eigenvalue weighted by molar-refractivity contribution is 0.0895. The Morgan fingerprint density at radius 1 is 1.40 bits per heavy atom. The number of hydrogen-bond donors (Lipinski definition) is 2. The van der Waals surface area contributed by atoms with E-state index in [1.165, 1.54) is 6.07 Å². The zero-order valence-corrected chi connectivity index (χ0v) is 12.3. The van der Waals surface area contributed by atoms with Gasteiger partial charge in [0.1, 0.15) is 5.82 Å². The van der Waals surface area contributed by atoms with Gasteiger partial charge in [-0.15, -0.1) is 0 Å². The van der Waals surface area contributed by atoms with Gasteiger partial charge in [0.05, 0.1) is 23.9 Å². The van der Waals surface area contributed by atoms with Crippen LogP contribution in [0.5, 0.6) is 0 Å². The van der Waals surface area contributed by atoms with Crippen molar-refractivity contribution in [3.05, 3.63) is 29.6 Å². The SMILES string of the molecule is CCCNc1c(F)cccc1C(=O)NC(CC)COC. The van der Waals surface area contributed by atoms with Crippen LogP contribution >= 0.6 is 0 Å². The molecule has 1 rings (SSSR count). The highest BCUT2D eigenvalue weighted by Gasteiger charge is 2.17. The number of ether oxygens (including phenoxy) is 1. The summed E-state index contributed by atoms with van der Waals surface area (Å²) in [6.45, 7) is 5.01. The molecule has 0 spiro atoms. The maximum absolute atomic E-state index is 13.8. The first-order valence-electron chi connectivity index (χ1n) is 6.96. The first-order valence-corrected chi connectivity index (χ1v) is 6.96. The predicted molar refractivity (Wildman–Crippen MR) is 78.6 cm³/mol. The van der Waals surface area contributed by atoms with Crippen LogP contribution in [0.15, 0.2) is 18.2 Å². The average molecular weight is 282 g/mol. The summed E-state index contributed by atoms with van der Waals surface area (Å²) in [5.41, 5.74) is 0.590. The van der Waals surface area contributed by atoms with Crippen LogP contribution < -0.4 is 10.6 Å². The molecule has 20 heavy (non-hydrogen) atoms. The third-order valence-corrected chi connectivity index (χ3v) is 3.01. The number of hydrogen-bond acceptors (Lipinski definition) is 3. The van der Waals surface area contributed by atoms with E-state index in [-0.39, 0.29) is 17.6 Å². The number of benzene rings is 1. The van der Waals surface area contributed by atoms with E-state index in [1.807, 2.05) is 13.8 Å². The normalized spacial score (nSPS) is 12.0. The minimum atomic E-state index is -0.411. The number of anilines is 1. The van der Waals surface area contributed by atoms with Crippen molar-refractivity contribution in [2.75, 3.05) is 25.6 Å². The third kappa shape index (κ3) is 4.49. The first kappa shape index (κ1) is 16.4. The molecule has 0 aliphatic carbocycles. The second-order valence-electron chi connectivity index (χ2n) is 4.62. The highest BCUT2D eigenvalue weighted by atomic mass is 19.1. The van der Waals surface area contributed by atoms with Gasteiger partial charge in [-0.05, 0) is 25.0 Å². The van der Waals surface area contributed by atoms with E-state index >= 15 is 0 Å². The quantitative estimate of drug-likeness (QED) is 0.771. The molecular formula is C15H23FN2O2. The zero-order chi connectivity index (χ0) is 15.0. The molecule has 0 aromatic heterocycles. The number of para-hydroxylation sites is 1. The standard InChI is InChI=1S/C15H23FN2O2/c1-4-9-17-14-12(7-6-8-13(14)16)15(19)18-11(5-2)10-20-3/h6-8,11,17H,4-5,9-10H2,1-3H3,(H,18,19). The van der Waals surface area contributed by atoms with Crippen molar-refractivity contribution in [2.24, 2.45) is 0 Å². The van der Waals surface area contributed by atoms with E-state index in [0.717, 1.165) is 12.8 Å². The van der Waals surface area contributed by atoms with Gasteiger partial charge in [-0.3, -0.25) is 4.79 Å². The van der Waals surface area contributed by atoms with Crippen molar-refractivity contribution in [2.45, 2.75) is 32.7 Å². The number of amides is 1. The fourth-order valence-electron chi connectivity index (χ4n) is 1.87. The number of carbonyl (C=O) groups excluding carboxylic acids is 1. The Morgan fingerprint density at radius 2 is 2.15 bits per heavy atom. The first-order chi connectivity index (χ1) is 9.63. The number of carbonyl (C=O) groups is 1. The second kappa shape index (κ2) is 8.53. The molecule has 0 heterocycles. The van der Waals surface area contributed by atoms with Crippen molar-refractivity contribution >= 4 is 11.6 Å². The van der Waals surface area contributed by atoms with Gasteiger partial charge in [0.15, 0.2) is 0 Å². The lowest BCUT2D eigenvalue weighted by Gasteiger charge is -2.18.